The summed E-state index contributed by atoms with van der Waals surface area (Å²) in [7, 11) is 3.05. The molecule has 3 rings (SSSR count). The van der Waals surface area contributed by atoms with Gasteiger partial charge < -0.3 is 19.8 Å². The molecule has 0 radical (unpaired) electrons. The third-order valence-corrected chi connectivity index (χ3v) is 5.12. The van der Waals surface area contributed by atoms with Crippen LogP contribution in [-0.2, 0) is 11.3 Å². The van der Waals surface area contributed by atoms with Crippen LogP contribution in [0.2, 0.25) is 0 Å². The Kier molecular flexibility index (Phi) is 7.25. The molecular weight excluding hydrogens is 396 g/mol. The van der Waals surface area contributed by atoms with Crippen LogP contribution < -0.4 is 20.3 Å². The number of nitrogens with zero attached hydrogens (tertiary/aromatic N) is 2. The summed E-state index contributed by atoms with van der Waals surface area (Å²) in [5.41, 5.74) is 1.29. The van der Waals surface area contributed by atoms with E-state index in [0.29, 0.717) is 41.3 Å². The van der Waals surface area contributed by atoms with Gasteiger partial charge in [0.25, 0.3) is 5.56 Å². The first-order valence-corrected chi connectivity index (χ1v) is 10.2. The molecule has 0 aliphatic rings. The van der Waals surface area contributed by atoms with E-state index in [1.54, 1.807) is 12.1 Å². The second-order valence-electron chi connectivity index (χ2n) is 7.24. The SMILES string of the molecule is CCN(CC(=O)N[C@@H](C)c1ccccc1)Cc1nc2cc(OC)c(OC)cc2c(=O)[nH]1. The number of rotatable bonds is 9. The zero-order valence-electron chi connectivity index (χ0n) is 18.3. The van der Waals surface area contributed by atoms with Gasteiger partial charge in [0, 0.05) is 6.07 Å². The number of aromatic amines is 1. The summed E-state index contributed by atoms with van der Waals surface area (Å²) in [6.45, 7) is 5.07. The molecule has 0 unspecified atom stereocenters. The Morgan fingerprint density at radius 2 is 1.84 bits per heavy atom. The van der Waals surface area contributed by atoms with Gasteiger partial charge in [0.1, 0.15) is 5.82 Å². The van der Waals surface area contributed by atoms with Crippen molar-refractivity contribution in [3.8, 4) is 11.5 Å². The third-order valence-electron chi connectivity index (χ3n) is 5.12. The lowest BCUT2D eigenvalue weighted by Gasteiger charge is -2.21. The van der Waals surface area contributed by atoms with Gasteiger partial charge in [-0.05, 0) is 25.1 Å². The number of H-pyrrole nitrogens is 1. The number of hydrogen-bond acceptors (Lipinski definition) is 6. The number of nitrogens with one attached hydrogen (secondary N) is 2. The Labute approximate surface area is 181 Å². The highest BCUT2D eigenvalue weighted by Gasteiger charge is 2.16. The predicted molar refractivity (Wildman–Crippen MR) is 119 cm³/mol. The van der Waals surface area contributed by atoms with Gasteiger partial charge in [0.2, 0.25) is 5.91 Å². The lowest BCUT2D eigenvalue weighted by Crippen LogP contribution is -2.38. The summed E-state index contributed by atoms with van der Waals surface area (Å²) in [4.78, 5) is 34.4. The number of aromatic nitrogens is 2. The van der Waals surface area contributed by atoms with Crippen LogP contribution in [0.3, 0.4) is 0 Å². The van der Waals surface area contributed by atoms with E-state index in [0.717, 1.165) is 5.56 Å². The quantitative estimate of drug-likeness (QED) is 0.548. The molecule has 1 amide bonds. The van der Waals surface area contributed by atoms with Crippen LogP contribution >= 0.6 is 0 Å². The maximum atomic E-state index is 12.6. The van der Waals surface area contributed by atoms with Gasteiger partial charge in [-0.25, -0.2) is 4.98 Å². The summed E-state index contributed by atoms with van der Waals surface area (Å²) < 4.78 is 10.6. The first-order chi connectivity index (χ1) is 14.9. The van der Waals surface area contributed by atoms with Crippen molar-refractivity contribution in [3.05, 3.63) is 64.2 Å². The van der Waals surface area contributed by atoms with Crippen molar-refractivity contribution >= 4 is 16.8 Å². The third kappa shape index (κ3) is 5.40. The molecule has 0 aliphatic heterocycles. The van der Waals surface area contributed by atoms with E-state index in [1.165, 1.54) is 14.2 Å². The van der Waals surface area contributed by atoms with Crippen molar-refractivity contribution in [1.29, 1.82) is 0 Å². The molecule has 1 heterocycles. The van der Waals surface area contributed by atoms with Crippen LogP contribution in [0, 0.1) is 0 Å². The topological polar surface area (TPSA) is 96.6 Å². The minimum absolute atomic E-state index is 0.0894. The number of fused-ring (bicyclic) bond motifs is 1. The Morgan fingerprint density at radius 3 is 2.48 bits per heavy atom. The molecule has 2 N–H and O–H groups in total. The number of ether oxygens (including phenoxy) is 2. The molecule has 1 atom stereocenters. The van der Waals surface area contributed by atoms with E-state index >= 15 is 0 Å². The van der Waals surface area contributed by atoms with Crippen molar-refractivity contribution in [2.24, 2.45) is 0 Å². The Morgan fingerprint density at radius 1 is 1.16 bits per heavy atom. The fourth-order valence-electron chi connectivity index (χ4n) is 3.40. The first-order valence-electron chi connectivity index (χ1n) is 10.2. The number of carbonyl (C=O) groups excluding carboxylic acids is 1. The monoisotopic (exact) mass is 424 g/mol. The van der Waals surface area contributed by atoms with Crippen LogP contribution in [0.1, 0.15) is 31.3 Å². The van der Waals surface area contributed by atoms with Crippen molar-refractivity contribution < 1.29 is 14.3 Å². The Balaban J connectivity index is 1.73. The minimum atomic E-state index is -0.265. The lowest BCUT2D eigenvalue weighted by atomic mass is 10.1. The van der Waals surface area contributed by atoms with Crippen molar-refractivity contribution in [2.75, 3.05) is 27.3 Å². The minimum Gasteiger partial charge on any atom is -0.493 e. The standard InChI is InChI=1S/C23H28N4O4/c1-5-27(14-22(28)24-15(2)16-9-7-6-8-10-16)13-21-25-18-12-20(31-4)19(30-3)11-17(18)23(29)26-21/h6-12,15H,5,13-14H2,1-4H3,(H,24,28)(H,25,26,29)/t15-/m0/s1. The number of benzene rings is 2. The number of carbonyl (C=O) groups is 1. The summed E-state index contributed by atoms with van der Waals surface area (Å²) >= 11 is 0. The maximum absolute atomic E-state index is 12.6. The molecule has 0 aliphatic carbocycles. The molecule has 1 aromatic heterocycles. The van der Waals surface area contributed by atoms with Crippen LogP contribution in [-0.4, -0.2) is 48.1 Å². The Bertz CT molecular complexity index is 1100. The van der Waals surface area contributed by atoms with Crippen molar-refractivity contribution in [2.45, 2.75) is 26.4 Å². The maximum Gasteiger partial charge on any atom is 0.258 e. The van der Waals surface area contributed by atoms with Gasteiger partial charge in [0.05, 0.1) is 44.3 Å². The number of amides is 1. The summed E-state index contributed by atoms with van der Waals surface area (Å²) in [5.74, 6) is 1.36. The molecule has 0 saturated carbocycles. The van der Waals surface area contributed by atoms with E-state index in [9.17, 15) is 9.59 Å². The van der Waals surface area contributed by atoms with E-state index < -0.39 is 0 Å². The van der Waals surface area contributed by atoms with Crippen molar-refractivity contribution in [1.82, 2.24) is 20.2 Å². The summed E-state index contributed by atoms with van der Waals surface area (Å²) in [6.07, 6.45) is 0. The second kappa shape index (κ2) is 10.1. The van der Waals surface area contributed by atoms with E-state index in [-0.39, 0.29) is 24.1 Å². The van der Waals surface area contributed by atoms with Gasteiger partial charge >= 0.3 is 0 Å². The van der Waals surface area contributed by atoms with Gasteiger partial charge in [0.15, 0.2) is 11.5 Å². The normalized spacial score (nSPS) is 12.0. The van der Waals surface area contributed by atoms with Gasteiger partial charge in [-0.3, -0.25) is 14.5 Å². The predicted octanol–water partition coefficient (Wildman–Crippen LogP) is 2.64. The smallest absolute Gasteiger partial charge is 0.258 e. The highest BCUT2D eigenvalue weighted by molar-refractivity contribution is 5.82. The summed E-state index contributed by atoms with van der Waals surface area (Å²) in [5, 5.41) is 3.43. The lowest BCUT2D eigenvalue weighted by molar-refractivity contribution is -0.123. The van der Waals surface area contributed by atoms with Gasteiger partial charge in [-0.2, -0.15) is 0 Å². The van der Waals surface area contributed by atoms with Crippen LogP contribution in [0.15, 0.2) is 47.3 Å². The van der Waals surface area contributed by atoms with Crippen molar-refractivity contribution in [3.63, 3.8) is 0 Å². The molecule has 8 nitrogen and oxygen atoms in total. The molecule has 0 saturated heterocycles. The van der Waals surface area contributed by atoms with Crippen LogP contribution in [0.4, 0.5) is 0 Å². The van der Waals surface area contributed by atoms with Crippen LogP contribution in [0.5, 0.6) is 11.5 Å². The highest BCUT2D eigenvalue weighted by Crippen LogP contribution is 2.29. The van der Waals surface area contributed by atoms with Gasteiger partial charge in [-0.1, -0.05) is 37.3 Å². The average molecular weight is 425 g/mol. The molecule has 0 bridgehead atoms. The number of methoxy groups -OCH3 is 2. The fraction of sp³-hybridized carbons (Fsp3) is 0.348. The first kappa shape index (κ1) is 22.3. The molecule has 31 heavy (non-hydrogen) atoms. The molecule has 0 spiro atoms. The molecule has 0 fully saturated rings. The molecule has 8 heteroatoms. The van der Waals surface area contributed by atoms with E-state index in [2.05, 4.69) is 15.3 Å². The zero-order chi connectivity index (χ0) is 22.4. The molecular formula is C23H28N4O4. The molecule has 2 aromatic carbocycles. The van der Waals surface area contributed by atoms with E-state index in [4.69, 9.17) is 9.47 Å². The molecule has 164 valence electrons. The average Bonchev–Trinajstić information content (AvgIpc) is 2.78. The van der Waals surface area contributed by atoms with Crippen LogP contribution in [0.25, 0.3) is 10.9 Å². The zero-order valence-corrected chi connectivity index (χ0v) is 18.3. The summed E-state index contributed by atoms with van der Waals surface area (Å²) in [6, 6.07) is 13.0. The number of likely N-dealkylation sites (N-methyl/N-ethyl adjacent to an activating group) is 1. The second-order valence-corrected chi connectivity index (χ2v) is 7.24. The van der Waals surface area contributed by atoms with Gasteiger partial charge in [-0.15, -0.1) is 0 Å². The fourth-order valence-corrected chi connectivity index (χ4v) is 3.40. The highest BCUT2D eigenvalue weighted by atomic mass is 16.5. The largest absolute Gasteiger partial charge is 0.493 e. The number of hydrogen-bond donors (Lipinski definition) is 2. The van der Waals surface area contributed by atoms with E-state index in [1.807, 2.05) is 49.1 Å². The Hall–Kier alpha value is -3.39. The molecule has 3 aromatic rings.